The van der Waals surface area contributed by atoms with Gasteiger partial charge in [0.25, 0.3) is 3.91 Å². The number of rotatable bonds is 2. The Bertz CT molecular complexity index is 235. The predicted molar refractivity (Wildman–Crippen MR) is 52.7 cm³/mol. The Morgan fingerprint density at radius 3 is 2.55 bits per heavy atom. The topological polar surface area (TPSA) is 29.1 Å². The van der Waals surface area contributed by atoms with Crippen LogP contribution in [0.25, 0.3) is 0 Å². The monoisotopic (exact) mass is 261 g/mol. The van der Waals surface area contributed by atoms with E-state index in [1.807, 2.05) is 30.3 Å². The SMILES string of the molecule is O=C(I)NCc1ccccc1. The number of carbonyl (C=O) groups excluding carboxylic acids is 1. The molecule has 1 amide bonds. The third-order valence-electron chi connectivity index (χ3n) is 1.27. The minimum atomic E-state index is -0.0218. The third kappa shape index (κ3) is 3.36. The molecule has 0 radical (unpaired) electrons. The summed E-state index contributed by atoms with van der Waals surface area (Å²) in [4.78, 5) is 10.5. The zero-order chi connectivity index (χ0) is 8.10. The van der Waals surface area contributed by atoms with Crippen molar-refractivity contribution < 1.29 is 4.79 Å². The Hall–Kier alpha value is -0.580. The molecule has 0 heterocycles. The number of nitrogens with one attached hydrogen (secondary N) is 1. The molecule has 0 aliphatic heterocycles. The second-order valence-electron chi connectivity index (χ2n) is 2.11. The minimum Gasteiger partial charge on any atom is -0.343 e. The van der Waals surface area contributed by atoms with Gasteiger partial charge in [0.1, 0.15) is 0 Å². The molecule has 0 spiro atoms. The Labute approximate surface area is 79.1 Å². The van der Waals surface area contributed by atoms with Crippen LogP contribution in [0.4, 0.5) is 4.79 Å². The summed E-state index contributed by atoms with van der Waals surface area (Å²) in [5.74, 6) is 0. The van der Waals surface area contributed by atoms with Crippen molar-refractivity contribution in [1.82, 2.24) is 5.32 Å². The van der Waals surface area contributed by atoms with E-state index in [2.05, 4.69) is 5.32 Å². The molecular weight excluding hydrogens is 253 g/mol. The van der Waals surface area contributed by atoms with Gasteiger partial charge in [0.2, 0.25) is 0 Å². The maximum Gasteiger partial charge on any atom is 0.280 e. The van der Waals surface area contributed by atoms with E-state index in [9.17, 15) is 4.79 Å². The normalized spacial score (nSPS) is 9.18. The molecule has 3 heteroatoms. The standard InChI is InChI=1S/C8H8INO/c9-8(11)10-6-7-4-2-1-3-5-7/h1-5H,6H2,(H,10,11). The van der Waals surface area contributed by atoms with Gasteiger partial charge >= 0.3 is 0 Å². The van der Waals surface area contributed by atoms with Gasteiger partial charge < -0.3 is 5.32 Å². The molecule has 2 nitrogen and oxygen atoms in total. The van der Waals surface area contributed by atoms with Crippen LogP contribution in [0.3, 0.4) is 0 Å². The molecule has 1 N–H and O–H groups in total. The van der Waals surface area contributed by atoms with Crippen molar-refractivity contribution in [3.05, 3.63) is 35.9 Å². The van der Waals surface area contributed by atoms with Gasteiger partial charge in [-0.2, -0.15) is 0 Å². The molecule has 0 saturated heterocycles. The van der Waals surface area contributed by atoms with Crippen LogP contribution in [0.1, 0.15) is 5.56 Å². The van der Waals surface area contributed by atoms with Crippen LogP contribution in [0, 0.1) is 0 Å². The summed E-state index contributed by atoms with van der Waals surface area (Å²) in [6.07, 6.45) is 0. The van der Waals surface area contributed by atoms with Crippen molar-refractivity contribution in [3.8, 4) is 0 Å². The fourth-order valence-corrected chi connectivity index (χ4v) is 0.958. The van der Waals surface area contributed by atoms with Crippen LogP contribution in [-0.2, 0) is 6.54 Å². The molecule has 0 aromatic heterocycles. The summed E-state index contributed by atoms with van der Waals surface area (Å²) >= 11 is 1.72. The second kappa shape index (κ2) is 4.33. The highest BCUT2D eigenvalue weighted by atomic mass is 127. The van der Waals surface area contributed by atoms with Crippen LogP contribution < -0.4 is 5.32 Å². The highest BCUT2D eigenvalue weighted by Crippen LogP contribution is 1.97. The summed E-state index contributed by atoms with van der Waals surface area (Å²) in [6.45, 7) is 0.614. The first-order chi connectivity index (χ1) is 5.29. The summed E-state index contributed by atoms with van der Waals surface area (Å²) in [7, 11) is 0. The lowest BCUT2D eigenvalue weighted by atomic mass is 10.2. The zero-order valence-electron chi connectivity index (χ0n) is 5.88. The molecular formula is C8H8INO. The van der Waals surface area contributed by atoms with E-state index < -0.39 is 0 Å². The molecule has 0 aliphatic rings. The van der Waals surface area contributed by atoms with E-state index in [1.165, 1.54) is 0 Å². The molecule has 0 fully saturated rings. The largest absolute Gasteiger partial charge is 0.343 e. The molecule has 0 aliphatic carbocycles. The quantitative estimate of drug-likeness (QED) is 0.494. The summed E-state index contributed by atoms with van der Waals surface area (Å²) in [5.41, 5.74) is 1.12. The Kier molecular flexibility index (Phi) is 3.35. The number of hydrogen-bond acceptors (Lipinski definition) is 1. The van der Waals surface area contributed by atoms with E-state index in [0.29, 0.717) is 6.54 Å². The number of carbonyl (C=O) groups is 1. The van der Waals surface area contributed by atoms with E-state index in [-0.39, 0.29) is 3.91 Å². The number of hydrogen-bond donors (Lipinski definition) is 1. The maximum atomic E-state index is 10.5. The first kappa shape index (κ1) is 8.52. The van der Waals surface area contributed by atoms with Gasteiger partial charge in [-0.1, -0.05) is 30.3 Å². The van der Waals surface area contributed by atoms with Gasteiger partial charge in [0, 0.05) is 29.1 Å². The summed E-state index contributed by atoms with van der Waals surface area (Å²) in [6, 6.07) is 9.82. The van der Waals surface area contributed by atoms with Crippen LogP contribution >= 0.6 is 22.6 Å². The summed E-state index contributed by atoms with van der Waals surface area (Å²) in [5, 5.41) is 2.71. The molecule has 0 saturated carbocycles. The fraction of sp³-hybridized carbons (Fsp3) is 0.125. The molecule has 58 valence electrons. The van der Waals surface area contributed by atoms with Crippen molar-refractivity contribution in [2.24, 2.45) is 0 Å². The fourth-order valence-electron chi connectivity index (χ4n) is 0.767. The second-order valence-corrected chi connectivity index (χ2v) is 3.09. The molecule has 1 rings (SSSR count). The van der Waals surface area contributed by atoms with Gasteiger partial charge in [0.15, 0.2) is 0 Å². The number of halogens is 1. The molecule has 1 aromatic carbocycles. The molecule has 0 atom stereocenters. The lowest BCUT2D eigenvalue weighted by molar-refractivity contribution is 0.262. The Balaban J connectivity index is 2.45. The van der Waals surface area contributed by atoms with Crippen molar-refractivity contribution in [2.75, 3.05) is 0 Å². The molecule has 1 aromatic rings. The Morgan fingerprint density at radius 2 is 2.00 bits per heavy atom. The lowest BCUT2D eigenvalue weighted by Crippen LogP contribution is -2.14. The van der Waals surface area contributed by atoms with E-state index >= 15 is 0 Å². The van der Waals surface area contributed by atoms with Gasteiger partial charge in [-0.3, -0.25) is 4.79 Å². The van der Waals surface area contributed by atoms with E-state index in [0.717, 1.165) is 5.56 Å². The first-order valence-corrected chi connectivity index (χ1v) is 4.34. The van der Waals surface area contributed by atoms with Crippen molar-refractivity contribution in [1.29, 1.82) is 0 Å². The van der Waals surface area contributed by atoms with Crippen molar-refractivity contribution >= 4 is 26.5 Å². The average Bonchev–Trinajstić information content (AvgIpc) is 2.03. The maximum absolute atomic E-state index is 10.5. The smallest absolute Gasteiger partial charge is 0.280 e. The predicted octanol–water partition coefficient (Wildman–Crippen LogP) is 2.33. The zero-order valence-corrected chi connectivity index (χ0v) is 8.04. The number of benzene rings is 1. The average molecular weight is 261 g/mol. The van der Waals surface area contributed by atoms with Crippen molar-refractivity contribution in [2.45, 2.75) is 6.54 Å². The lowest BCUT2D eigenvalue weighted by Gasteiger charge is -1.99. The van der Waals surface area contributed by atoms with Crippen LogP contribution in [-0.4, -0.2) is 3.91 Å². The van der Waals surface area contributed by atoms with Gasteiger partial charge in [-0.15, -0.1) is 0 Å². The van der Waals surface area contributed by atoms with E-state index in [1.54, 1.807) is 22.6 Å². The van der Waals surface area contributed by atoms with Crippen LogP contribution in [0.5, 0.6) is 0 Å². The van der Waals surface area contributed by atoms with Crippen LogP contribution in [0.15, 0.2) is 30.3 Å². The van der Waals surface area contributed by atoms with Gasteiger partial charge in [0.05, 0.1) is 0 Å². The van der Waals surface area contributed by atoms with Crippen molar-refractivity contribution in [3.63, 3.8) is 0 Å². The highest BCUT2D eigenvalue weighted by molar-refractivity contribution is 14.1. The van der Waals surface area contributed by atoms with Crippen LogP contribution in [0.2, 0.25) is 0 Å². The van der Waals surface area contributed by atoms with E-state index in [4.69, 9.17) is 0 Å². The van der Waals surface area contributed by atoms with Gasteiger partial charge in [-0.25, -0.2) is 0 Å². The molecule has 0 bridgehead atoms. The highest BCUT2D eigenvalue weighted by Gasteiger charge is 1.92. The number of amides is 1. The minimum absolute atomic E-state index is 0.0218. The third-order valence-corrected chi connectivity index (χ3v) is 1.66. The Morgan fingerprint density at radius 1 is 1.36 bits per heavy atom. The summed E-state index contributed by atoms with van der Waals surface area (Å²) < 4.78 is -0.0218. The first-order valence-electron chi connectivity index (χ1n) is 3.26. The molecule has 0 unspecified atom stereocenters. The molecule has 11 heavy (non-hydrogen) atoms. The van der Waals surface area contributed by atoms with Gasteiger partial charge in [-0.05, 0) is 5.56 Å².